The zero-order valence-electron chi connectivity index (χ0n) is 4.14. The summed E-state index contributed by atoms with van der Waals surface area (Å²) in [4.78, 5) is 0. The number of hydrogen-bond acceptors (Lipinski definition) is 4. The molecular weight excluding hydrogens is 162 g/mol. The maximum Gasteiger partial charge on any atom is 0.342 e. The van der Waals surface area contributed by atoms with Gasteiger partial charge in [0, 0.05) is 5.38 Å². The first kappa shape index (κ1) is 6.66. The van der Waals surface area contributed by atoms with Crippen molar-refractivity contribution in [3.8, 4) is 0 Å². The maximum atomic E-state index is 10.1. The molecular formula is C3H2NO3S2. The van der Waals surface area contributed by atoms with E-state index in [0.717, 1.165) is 11.5 Å². The van der Waals surface area contributed by atoms with Crippen molar-refractivity contribution >= 4 is 21.7 Å². The van der Waals surface area contributed by atoms with E-state index in [-0.39, 0.29) is 0 Å². The summed E-state index contributed by atoms with van der Waals surface area (Å²) in [7, 11) is -4.31. The van der Waals surface area contributed by atoms with Gasteiger partial charge in [0.25, 0.3) is 0 Å². The Bertz CT molecular complexity index is 274. The third-order valence-electron chi connectivity index (χ3n) is 0.670. The normalized spacial score (nSPS) is 11.7. The average molecular weight is 164 g/mol. The van der Waals surface area contributed by atoms with E-state index in [0.29, 0.717) is 0 Å². The van der Waals surface area contributed by atoms with Crippen molar-refractivity contribution in [2.75, 3.05) is 0 Å². The molecule has 0 unspecified atom stereocenters. The Balaban J connectivity index is 3.20. The monoisotopic (exact) mass is 164 g/mol. The zero-order valence-corrected chi connectivity index (χ0v) is 5.78. The van der Waals surface area contributed by atoms with E-state index in [1.807, 2.05) is 0 Å². The highest BCUT2D eigenvalue weighted by Gasteiger charge is 2.12. The lowest BCUT2D eigenvalue weighted by Gasteiger charge is -1.80. The number of hydrogen-bond donors (Lipinski definition) is 0. The summed E-state index contributed by atoms with van der Waals surface area (Å²) in [5.74, 6) is 0. The van der Waals surface area contributed by atoms with Crippen LogP contribution >= 0.6 is 11.5 Å². The summed E-state index contributed by atoms with van der Waals surface area (Å²) in [5, 5.41) is 1.04. The second kappa shape index (κ2) is 2.05. The molecule has 0 aliphatic rings. The molecule has 4 nitrogen and oxygen atoms in total. The van der Waals surface area contributed by atoms with Crippen molar-refractivity contribution in [1.82, 2.24) is 4.37 Å². The third kappa shape index (κ3) is 1.47. The number of nitrogens with zero attached hydrogens (tertiary/aromatic N) is 1. The molecule has 6 heteroatoms. The van der Waals surface area contributed by atoms with Gasteiger partial charge in [0.05, 0.1) is 0 Å². The minimum Gasteiger partial charge on any atom is -0.190 e. The lowest BCUT2D eigenvalue weighted by atomic mass is 10.8. The summed E-state index contributed by atoms with van der Waals surface area (Å²) in [6.07, 6.45) is 0. The van der Waals surface area contributed by atoms with E-state index in [1.165, 1.54) is 11.4 Å². The van der Waals surface area contributed by atoms with E-state index >= 15 is 0 Å². The predicted octanol–water partition coefficient (Wildman–Crippen LogP) is 0.262. The molecule has 0 amide bonds. The Hall–Kier alpha value is -0.460. The van der Waals surface area contributed by atoms with E-state index in [1.54, 1.807) is 0 Å². The van der Waals surface area contributed by atoms with Gasteiger partial charge in [0.15, 0.2) is 5.03 Å². The standard InChI is InChI=1S/C3H2NO3S2/c5-9(6,7)3-1-2-8-4-3/h1-2H. The van der Waals surface area contributed by atoms with Crippen molar-refractivity contribution in [3.63, 3.8) is 0 Å². The first-order valence-electron chi connectivity index (χ1n) is 1.97. The van der Waals surface area contributed by atoms with Crippen LogP contribution in [0.5, 0.6) is 0 Å². The van der Waals surface area contributed by atoms with Gasteiger partial charge < -0.3 is 0 Å². The summed E-state index contributed by atoms with van der Waals surface area (Å²) in [6.45, 7) is 0. The molecule has 1 heterocycles. The van der Waals surface area contributed by atoms with Gasteiger partial charge in [-0.05, 0) is 17.6 Å². The Morgan fingerprint density at radius 2 is 2.22 bits per heavy atom. The van der Waals surface area contributed by atoms with E-state index < -0.39 is 15.1 Å². The van der Waals surface area contributed by atoms with Crippen LogP contribution in [-0.2, 0) is 14.7 Å². The van der Waals surface area contributed by atoms with Gasteiger partial charge >= 0.3 is 10.1 Å². The molecule has 1 aromatic rings. The molecule has 0 bridgehead atoms. The van der Waals surface area contributed by atoms with Crippen molar-refractivity contribution in [2.45, 2.75) is 5.03 Å². The van der Waals surface area contributed by atoms with E-state index in [2.05, 4.69) is 4.37 Å². The molecule has 1 aromatic heterocycles. The zero-order chi connectivity index (χ0) is 6.91. The molecule has 0 atom stereocenters. The molecule has 0 aliphatic carbocycles. The largest absolute Gasteiger partial charge is 0.342 e. The van der Waals surface area contributed by atoms with Crippen LogP contribution in [0.1, 0.15) is 0 Å². The summed E-state index contributed by atoms with van der Waals surface area (Å²) in [6, 6.07) is 1.17. The van der Waals surface area contributed by atoms with Gasteiger partial charge in [-0.25, -0.2) is 0 Å². The fourth-order valence-corrected chi connectivity index (χ4v) is 1.56. The topological polar surface area (TPSA) is 66.9 Å². The molecule has 0 saturated heterocycles. The van der Waals surface area contributed by atoms with Crippen molar-refractivity contribution in [1.29, 1.82) is 0 Å². The fourth-order valence-electron chi connectivity index (χ4n) is 0.330. The highest BCUT2D eigenvalue weighted by Crippen LogP contribution is 2.06. The van der Waals surface area contributed by atoms with Crippen molar-refractivity contribution < 1.29 is 13.0 Å². The number of aromatic nitrogens is 1. The minimum absolute atomic E-state index is 0.396. The SMILES string of the molecule is [O]S(=O)(=O)c1ccsn1. The van der Waals surface area contributed by atoms with Crippen LogP contribution in [-0.4, -0.2) is 12.8 Å². The summed E-state index contributed by atoms with van der Waals surface area (Å²) < 4.78 is 33.6. The molecule has 1 radical (unpaired) electrons. The van der Waals surface area contributed by atoms with Gasteiger partial charge in [-0.3, -0.25) is 0 Å². The quantitative estimate of drug-likeness (QED) is 0.598. The van der Waals surface area contributed by atoms with Crippen LogP contribution in [0, 0.1) is 0 Å². The smallest absolute Gasteiger partial charge is 0.190 e. The fraction of sp³-hybridized carbons (Fsp3) is 0. The van der Waals surface area contributed by atoms with Crippen molar-refractivity contribution in [3.05, 3.63) is 11.4 Å². The van der Waals surface area contributed by atoms with Crippen LogP contribution in [0.15, 0.2) is 16.5 Å². The summed E-state index contributed by atoms with van der Waals surface area (Å²) in [5.41, 5.74) is 0. The van der Waals surface area contributed by atoms with Crippen LogP contribution in [0.4, 0.5) is 0 Å². The maximum absolute atomic E-state index is 10.1. The second-order valence-electron chi connectivity index (χ2n) is 1.29. The molecule has 0 aliphatic heterocycles. The van der Waals surface area contributed by atoms with Gasteiger partial charge in [-0.1, -0.05) is 4.55 Å². The molecule has 0 aromatic carbocycles. The molecule has 1 rings (SSSR count). The second-order valence-corrected chi connectivity index (χ2v) is 3.28. The Morgan fingerprint density at radius 3 is 2.44 bits per heavy atom. The highest BCUT2D eigenvalue weighted by atomic mass is 32.2. The van der Waals surface area contributed by atoms with Crippen molar-refractivity contribution in [2.24, 2.45) is 0 Å². The van der Waals surface area contributed by atoms with Gasteiger partial charge in [-0.15, -0.1) is 0 Å². The predicted molar refractivity (Wildman–Crippen MR) is 30.0 cm³/mol. The van der Waals surface area contributed by atoms with Gasteiger partial charge in [-0.2, -0.15) is 12.8 Å². The molecule has 0 fully saturated rings. The highest BCUT2D eigenvalue weighted by molar-refractivity contribution is 7.85. The lowest BCUT2D eigenvalue weighted by molar-refractivity contribution is 0.412. The number of rotatable bonds is 1. The van der Waals surface area contributed by atoms with Crippen LogP contribution in [0.3, 0.4) is 0 Å². The van der Waals surface area contributed by atoms with E-state index in [9.17, 15) is 13.0 Å². The Kier molecular flexibility index (Phi) is 1.52. The Labute approximate surface area is 56.1 Å². The van der Waals surface area contributed by atoms with Gasteiger partial charge in [0.1, 0.15) is 0 Å². The van der Waals surface area contributed by atoms with E-state index in [4.69, 9.17) is 0 Å². The third-order valence-corrected chi connectivity index (χ3v) is 2.09. The molecule has 0 spiro atoms. The van der Waals surface area contributed by atoms with Crippen LogP contribution in [0.2, 0.25) is 0 Å². The first-order chi connectivity index (χ1) is 4.11. The lowest BCUT2D eigenvalue weighted by Crippen LogP contribution is -1.94. The average Bonchev–Trinajstić information content (AvgIpc) is 2.08. The van der Waals surface area contributed by atoms with Gasteiger partial charge in [0.2, 0.25) is 0 Å². The minimum atomic E-state index is -4.31. The van der Waals surface area contributed by atoms with Crippen LogP contribution in [0.25, 0.3) is 0 Å². The molecule has 0 N–H and O–H groups in total. The molecule has 9 heavy (non-hydrogen) atoms. The molecule has 49 valence electrons. The summed E-state index contributed by atoms with van der Waals surface area (Å²) >= 11 is 0.937. The Morgan fingerprint density at radius 1 is 1.56 bits per heavy atom. The van der Waals surface area contributed by atoms with Crippen LogP contribution < -0.4 is 0 Å². The first-order valence-corrected chi connectivity index (χ1v) is 4.21. The molecule has 0 saturated carbocycles.